The molecule has 1 rings (SSSR count). The Morgan fingerprint density at radius 3 is 2.21 bits per heavy atom. The fourth-order valence-electron chi connectivity index (χ4n) is 1.48. The quantitative estimate of drug-likeness (QED) is 0.361. The monoisotopic (exact) mass is 392 g/mol. The summed E-state index contributed by atoms with van der Waals surface area (Å²) < 4.78 is 97.4. The molecule has 0 heterocycles. The summed E-state index contributed by atoms with van der Waals surface area (Å²) >= 11 is 5.61. The first-order valence-electron chi connectivity index (χ1n) is 5.83. The Morgan fingerprint density at radius 1 is 1.29 bits per heavy atom. The SMILES string of the molecule is [B]Cc1ccc(C(=O)OC(C(F)(F)F)C(F)(F)S(=O)(=O)O)c(Cl)c1. The third-order valence-corrected chi connectivity index (χ3v) is 3.88. The Kier molecular flexibility index (Phi) is 5.89. The summed E-state index contributed by atoms with van der Waals surface area (Å²) in [6.07, 6.45) is -10.4. The van der Waals surface area contributed by atoms with Crippen molar-refractivity contribution in [2.24, 2.45) is 0 Å². The van der Waals surface area contributed by atoms with Crippen LogP contribution in [0.25, 0.3) is 0 Å². The van der Waals surface area contributed by atoms with Gasteiger partial charge in [0.15, 0.2) is 0 Å². The maximum atomic E-state index is 13.3. The molecule has 0 fully saturated rings. The van der Waals surface area contributed by atoms with Gasteiger partial charge >= 0.3 is 27.5 Å². The normalized spacial score (nSPS) is 14.3. The topological polar surface area (TPSA) is 80.7 Å². The number of benzene rings is 1. The van der Waals surface area contributed by atoms with Gasteiger partial charge in [-0.2, -0.15) is 30.4 Å². The lowest BCUT2D eigenvalue weighted by Gasteiger charge is -2.26. The summed E-state index contributed by atoms with van der Waals surface area (Å²) in [7, 11) is -1.24. The number of ether oxygens (including phenoxy) is 1. The summed E-state index contributed by atoms with van der Waals surface area (Å²) in [5.74, 6) is -1.96. The third-order valence-electron chi connectivity index (χ3n) is 2.66. The van der Waals surface area contributed by atoms with E-state index in [4.69, 9.17) is 24.0 Å². The predicted octanol–water partition coefficient (Wildman–Crippen LogP) is 2.58. The largest absolute Gasteiger partial charge is 0.441 e. The van der Waals surface area contributed by atoms with Crippen LogP contribution in [0.4, 0.5) is 22.0 Å². The van der Waals surface area contributed by atoms with Gasteiger partial charge in [0.1, 0.15) is 0 Å². The summed E-state index contributed by atoms with van der Waals surface area (Å²) in [6.45, 7) is 0. The van der Waals surface area contributed by atoms with Crippen molar-refractivity contribution in [1.29, 1.82) is 0 Å². The summed E-state index contributed by atoms with van der Waals surface area (Å²) in [4.78, 5) is 11.6. The molecule has 0 aromatic heterocycles. The molecule has 132 valence electrons. The zero-order valence-corrected chi connectivity index (χ0v) is 12.9. The van der Waals surface area contributed by atoms with Crippen molar-refractivity contribution in [1.82, 2.24) is 0 Å². The van der Waals surface area contributed by atoms with Gasteiger partial charge in [-0.1, -0.05) is 29.6 Å². The minimum absolute atomic E-state index is 0.0267. The molecular formula is C11H7BClF5O5S. The molecule has 0 aliphatic carbocycles. The molecule has 0 saturated carbocycles. The molecule has 1 unspecified atom stereocenters. The van der Waals surface area contributed by atoms with Gasteiger partial charge in [0, 0.05) is 0 Å². The van der Waals surface area contributed by atoms with Gasteiger partial charge in [-0.3, -0.25) is 4.55 Å². The lowest BCUT2D eigenvalue weighted by molar-refractivity contribution is -0.248. The highest BCUT2D eigenvalue weighted by Crippen LogP contribution is 2.38. The van der Waals surface area contributed by atoms with Crippen molar-refractivity contribution in [3.63, 3.8) is 0 Å². The number of carbonyl (C=O) groups excluding carboxylic acids is 1. The summed E-state index contributed by atoms with van der Waals surface area (Å²) in [5.41, 5.74) is -0.346. The second-order valence-corrected chi connectivity index (χ2v) is 6.28. The zero-order valence-electron chi connectivity index (χ0n) is 11.4. The Balaban J connectivity index is 3.24. The minimum Gasteiger partial charge on any atom is -0.441 e. The van der Waals surface area contributed by atoms with Crippen molar-refractivity contribution in [3.05, 3.63) is 34.3 Å². The maximum Gasteiger partial charge on any atom is 0.432 e. The van der Waals surface area contributed by atoms with Gasteiger partial charge in [-0.15, -0.1) is 0 Å². The number of halogens is 6. The Hall–Kier alpha value is -1.40. The molecule has 0 spiro atoms. The van der Waals surface area contributed by atoms with Gasteiger partial charge in [0.05, 0.1) is 18.4 Å². The van der Waals surface area contributed by atoms with Gasteiger partial charge < -0.3 is 4.74 Å². The van der Waals surface area contributed by atoms with Crippen molar-refractivity contribution >= 4 is 35.5 Å². The van der Waals surface area contributed by atoms with Crippen LogP contribution >= 0.6 is 11.6 Å². The number of rotatable bonds is 5. The first kappa shape index (κ1) is 20.6. The fourth-order valence-corrected chi connectivity index (χ4v) is 2.22. The molecular weight excluding hydrogens is 385 g/mol. The van der Waals surface area contributed by atoms with E-state index in [1.165, 1.54) is 6.07 Å². The summed E-state index contributed by atoms with van der Waals surface area (Å²) in [6, 6.07) is 3.12. The molecule has 0 saturated heterocycles. The molecule has 2 radical (unpaired) electrons. The van der Waals surface area contributed by atoms with E-state index >= 15 is 0 Å². The van der Waals surface area contributed by atoms with Crippen LogP contribution in [0.5, 0.6) is 0 Å². The molecule has 0 amide bonds. The average molecular weight is 392 g/mol. The van der Waals surface area contributed by atoms with E-state index < -0.39 is 44.2 Å². The number of esters is 1. The highest BCUT2D eigenvalue weighted by Gasteiger charge is 2.66. The van der Waals surface area contributed by atoms with E-state index in [0.29, 0.717) is 5.56 Å². The Bertz CT molecular complexity index is 737. The molecule has 1 aromatic rings. The van der Waals surface area contributed by atoms with Crippen LogP contribution in [0.15, 0.2) is 18.2 Å². The lowest BCUT2D eigenvalue weighted by atomic mass is 9.96. The molecule has 0 bridgehead atoms. The van der Waals surface area contributed by atoms with Gasteiger partial charge in [-0.05, 0) is 12.1 Å². The van der Waals surface area contributed by atoms with E-state index in [1.54, 1.807) is 0 Å². The van der Waals surface area contributed by atoms with Crippen molar-refractivity contribution < 1.29 is 44.5 Å². The molecule has 1 atom stereocenters. The Morgan fingerprint density at radius 2 is 1.83 bits per heavy atom. The van der Waals surface area contributed by atoms with E-state index in [-0.39, 0.29) is 6.32 Å². The number of carbonyl (C=O) groups is 1. The number of hydrogen-bond donors (Lipinski definition) is 1. The number of alkyl halides is 5. The van der Waals surface area contributed by atoms with Gasteiger partial charge in [0.25, 0.3) is 6.10 Å². The first-order chi connectivity index (χ1) is 10.7. The lowest BCUT2D eigenvalue weighted by Crippen LogP contribution is -2.52. The smallest absolute Gasteiger partial charge is 0.432 e. The first-order valence-corrected chi connectivity index (χ1v) is 7.64. The maximum absolute atomic E-state index is 13.3. The van der Waals surface area contributed by atoms with Crippen LogP contribution in [-0.4, -0.2) is 44.3 Å². The minimum atomic E-state index is -6.51. The highest BCUT2D eigenvalue weighted by molar-refractivity contribution is 7.86. The van der Waals surface area contributed by atoms with Crippen LogP contribution in [0.2, 0.25) is 5.02 Å². The molecule has 24 heavy (non-hydrogen) atoms. The molecule has 1 aromatic carbocycles. The van der Waals surface area contributed by atoms with E-state index in [9.17, 15) is 35.2 Å². The van der Waals surface area contributed by atoms with E-state index in [1.807, 2.05) is 0 Å². The molecule has 13 heteroatoms. The molecule has 5 nitrogen and oxygen atoms in total. The number of hydrogen-bond acceptors (Lipinski definition) is 4. The van der Waals surface area contributed by atoms with Crippen LogP contribution in [0.3, 0.4) is 0 Å². The molecule has 0 aliphatic rings. The molecule has 1 N–H and O–H groups in total. The molecule has 0 aliphatic heterocycles. The van der Waals surface area contributed by atoms with Crippen molar-refractivity contribution in [2.75, 3.05) is 0 Å². The second-order valence-electron chi connectivity index (χ2n) is 4.38. The highest BCUT2D eigenvalue weighted by atomic mass is 35.5. The van der Waals surface area contributed by atoms with Crippen molar-refractivity contribution in [3.8, 4) is 0 Å². The van der Waals surface area contributed by atoms with Crippen molar-refractivity contribution in [2.45, 2.75) is 23.9 Å². The standard InChI is InChI=1S/C11H7BClF5O5S/c12-4-5-1-2-6(7(13)3-5)8(19)23-9(10(14,15)16)11(17,18)24(20,21)22/h1-3,9H,4H2,(H,20,21,22). The predicted molar refractivity (Wildman–Crippen MR) is 72.7 cm³/mol. The van der Waals surface area contributed by atoms with Crippen LogP contribution in [0, 0.1) is 0 Å². The van der Waals surface area contributed by atoms with E-state index in [2.05, 4.69) is 4.74 Å². The van der Waals surface area contributed by atoms with Crippen LogP contribution in [-0.2, 0) is 21.2 Å². The van der Waals surface area contributed by atoms with Crippen LogP contribution < -0.4 is 0 Å². The second kappa shape index (κ2) is 6.85. The van der Waals surface area contributed by atoms with Gasteiger partial charge in [0.2, 0.25) is 0 Å². The van der Waals surface area contributed by atoms with E-state index in [0.717, 1.165) is 12.1 Å². The Labute approximate surface area is 138 Å². The third kappa shape index (κ3) is 4.36. The summed E-state index contributed by atoms with van der Waals surface area (Å²) in [5, 5.41) is -6.26. The van der Waals surface area contributed by atoms with Gasteiger partial charge in [-0.25, -0.2) is 4.79 Å². The zero-order chi connectivity index (χ0) is 18.9. The fraction of sp³-hybridized carbons (Fsp3) is 0.364. The van der Waals surface area contributed by atoms with Crippen LogP contribution in [0.1, 0.15) is 15.9 Å². The average Bonchev–Trinajstić information content (AvgIpc) is 2.41.